The average molecular weight is 597 g/mol. The Morgan fingerprint density at radius 1 is 0.558 bits per heavy atom. The summed E-state index contributed by atoms with van der Waals surface area (Å²) in [7, 11) is -6.72. The molecule has 2 unspecified atom stereocenters. The molecule has 1 aliphatic carbocycles. The molecule has 0 radical (unpaired) electrons. The van der Waals surface area contributed by atoms with Gasteiger partial charge in [0.2, 0.25) is 0 Å². The van der Waals surface area contributed by atoms with Crippen molar-refractivity contribution in [3.8, 4) is 23.3 Å². The molecule has 5 heteroatoms. The largest absolute Gasteiger partial charge is 0.456 e. The quantitative estimate of drug-likeness (QED) is 0.139. The highest BCUT2D eigenvalue weighted by Gasteiger charge is 2.38. The first-order valence-electron chi connectivity index (χ1n) is 14.2. The van der Waals surface area contributed by atoms with Gasteiger partial charge in [0.05, 0.1) is 16.3 Å². The highest BCUT2D eigenvalue weighted by molar-refractivity contribution is 7.85. The van der Waals surface area contributed by atoms with E-state index in [-0.39, 0.29) is 0 Å². The van der Waals surface area contributed by atoms with E-state index in [0.29, 0.717) is 44.4 Å². The minimum absolute atomic E-state index is 0.447. The molecular weight excluding hydrogens is 566 g/mol. The number of benzene rings is 5. The van der Waals surface area contributed by atoms with Gasteiger partial charge in [0, 0.05) is 22.3 Å². The molecule has 0 heterocycles. The molecule has 5 aromatic rings. The zero-order valence-electron chi connectivity index (χ0n) is 23.5. The maximum Gasteiger partial charge on any atom is 0.174 e. The summed E-state index contributed by atoms with van der Waals surface area (Å²) in [5, 5.41) is 3.27. The Kier molecular flexibility index (Phi) is 8.44. The van der Waals surface area contributed by atoms with Crippen molar-refractivity contribution in [1.82, 2.24) is 0 Å². The second-order valence-electron chi connectivity index (χ2n) is 10.1. The van der Waals surface area contributed by atoms with E-state index >= 15 is 9.13 Å². The Morgan fingerprint density at radius 3 is 1.65 bits per heavy atom. The zero-order valence-corrected chi connectivity index (χ0v) is 25.3. The lowest BCUT2D eigenvalue weighted by Crippen LogP contribution is -2.27. The van der Waals surface area contributed by atoms with Crippen molar-refractivity contribution in [3.63, 3.8) is 0 Å². The minimum atomic E-state index is -3.38. The van der Waals surface area contributed by atoms with Crippen molar-refractivity contribution >= 4 is 40.8 Å². The lowest BCUT2D eigenvalue weighted by atomic mass is 10.2. The van der Waals surface area contributed by atoms with E-state index in [2.05, 4.69) is 11.8 Å². The lowest BCUT2D eigenvalue weighted by Gasteiger charge is -2.27. The van der Waals surface area contributed by atoms with Gasteiger partial charge in [-0.15, -0.1) is 0 Å². The van der Waals surface area contributed by atoms with E-state index in [4.69, 9.17) is 4.74 Å². The molecule has 0 bridgehead atoms. The first-order valence-corrected chi connectivity index (χ1v) is 17.7. The maximum absolute atomic E-state index is 15.5. The molecule has 3 nitrogen and oxygen atoms in total. The van der Waals surface area contributed by atoms with Crippen molar-refractivity contribution in [2.75, 3.05) is 0 Å². The number of hydrogen-bond acceptors (Lipinski definition) is 3. The van der Waals surface area contributed by atoms with Crippen molar-refractivity contribution in [2.45, 2.75) is 12.1 Å². The van der Waals surface area contributed by atoms with Crippen LogP contribution in [0.3, 0.4) is 0 Å². The molecule has 0 saturated heterocycles. The van der Waals surface area contributed by atoms with Crippen LogP contribution in [0.15, 0.2) is 164 Å². The summed E-state index contributed by atoms with van der Waals surface area (Å²) in [5.74, 6) is 7.36. The molecule has 210 valence electrons. The second-order valence-corrected chi connectivity index (χ2v) is 15.7. The topological polar surface area (TPSA) is 43.4 Å². The van der Waals surface area contributed by atoms with Crippen molar-refractivity contribution < 1.29 is 13.9 Å². The summed E-state index contributed by atoms with van der Waals surface area (Å²) in [6.45, 7) is 0. The summed E-state index contributed by atoms with van der Waals surface area (Å²) in [4.78, 5) is 0. The summed E-state index contributed by atoms with van der Waals surface area (Å²) in [5.41, 5.74) is -0.542. The Labute approximate surface area is 253 Å². The molecule has 0 N–H and O–H groups in total. The van der Waals surface area contributed by atoms with Gasteiger partial charge in [0.1, 0.15) is 11.5 Å². The molecule has 0 aromatic heterocycles. The molecule has 0 fully saturated rings. The number of rotatable bonds is 8. The van der Waals surface area contributed by atoms with Crippen LogP contribution in [-0.2, 0) is 9.13 Å². The fourth-order valence-electron chi connectivity index (χ4n) is 5.34. The van der Waals surface area contributed by atoms with E-state index < -0.39 is 19.9 Å². The molecule has 43 heavy (non-hydrogen) atoms. The Hall–Kier alpha value is -4.60. The third kappa shape index (κ3) is 5.61. The third-order valence-corrected chi connectivity index (χ3v) is 13.8. The lowest BCUT2D eigenvalue weighted by molar-refractivity contribution is 0.489. The van der Waals surface area contributed by atoms with Gasteiger partial charge in [-0.2, -0.15) is 0 Å². The molecule has 0 amide bonds. The predicted molar refractivity (Wildman–Crippen MR) is 180 cm³/mol. The van der Waals surface area contributed by atoms with E-state index in [1.165, 1.54) is 0 Å². The van der Waals surface area contributed by atoms with E-state index in [9.17, 15) is 0 Å². The monoisotopic (exact) mass is 596 g/mol. The van der Waals surface area contributed by atoms with Crippen LogP contribution in [0.4, 0.5) is 0 Å². The van der Waals surface area contributed by atoms with Gasteiger partial charge in [-0.1, -0.05) is 151 Å². The highest BCUT2D eigenvalue weighted by atomic mass is 31.2. The number of ether oxygens (including phenoxy) is 1. The van der Waals surface area contributed by atoms with Crippen LogP contribution < -0.4 is 31.3 Å². The third-order valence-electron chi connectivity index (χ3n) is 7.43. The fourth-order valence-corrected chi connectivity index (χ4v) is 11.0. The van der Waals surface area contributed by atoms with Gasteiger partial charge >= 0.3 is 0 Å². The zero-order chi connectivity index (χ0) is 29.5. The van der Waals surface area contributed by atoms with Crippen LogP contribution in [-0.4, -0.2) is 5.66 Å². The standard InChI is InChI=1S/C38H30O3P2/c39-42(32-21-9-4-10-22-32,31-19-7-2-1-3-8-20-31)37-29-17-15-27-35(37)41-36-28-16-18-30-38(36)43(40,33-23-11-5-12-24-33)34-25-13-6-14-26-34/h1-2,4-7,9-19,21-31H,3H2/b2-1-,19-7?. The first kappa shape index (κ1) is 28.5. The first-order chi connectivity index (χ1) is 21.1. The van der Waals surface area contributed by atoms with Crippen molar-refractivity contribution in [1.29, 1.82) is 0 Å². The average Bonchev–Trinajstić information content (AvgIpc) is 3.06. The van der Waals surface area contributed by atoms with Crippen LogP contribution in [0.25, 0.3) is 0 Å². The molecule has 0 aliphatic heterocycles. The molecule has 0 saturated carbocycles. The summed E-state index contributed by atoms with van der Waals surface area (Å²) >= 11 is 0. The molecule has 2 atom stereocenters. The summed E-state index contributed by atoms with van der Waals surface area (Å²) < 4.78 is 37.5. The van der Waals surface area contributed by atoms with E-state index in [0.717, 1.165) is 0 Å². The molecule has 6 rings (SSSR count). The Bertz CT molecular complexity index is 1890. The van der Waals surface area contributed by atoms with E-state index in [1.54, 1.807) is 0 Å². The Morgan fingerprint density at radius 2 is 1.05 bits per heavy atom. The summed E-state index contributed by atoms with van der Waals surface area (Å²) in [6.07, 6.45) is 8.36. The molecule has 0 spiro atoms. The van der Waals surface area contributed by atoms with Crippen LogP contribution in [0.5, 0.6) is 11.5 Å². The van der Waals surface area contributed by atoms with Gasteiger partial charge in [-0.05, 0) is 24.3 Å². The molecule has 5 aromatic carbocycles. The van der Waals surface area contributed by atoms with Crippen molar-refractivity contribution in [2.24, 2.45) is 0 Å². The number of para-hydroxylation sites is 2. The summed E-state index contributed by atoms with van der Waals surface area (Å²) in [6, 6.07) is 43.4. The SMILES string of the molecule is O=P(c1ccccc1)(c1ccccc1)c1ccccc1Oc1ccccc1P(=O)(c1ccccc1)C1C#CC/C=C\C=C1. The van der Waals surface area contributed by atoms with E-state index in [1.807, 2.05) is 164 Å². The second kappa shape index (κ2) is 12.7. The van der Waals surface area contributed by atoms with Crippen LogP contribution >= 0.6 is 14.3 Å². The van der Waals surface area contributed by atoms with Gasteiger partial charge in [0.25, 0.3) is 0 Å². The smallest absolute Gasteiger partial charge is 0.174 e. The maximum atomic E-state index is 15.5. The minimum Gasteiger partial charge on any atom is -0.456 e. The van der Waals surface area contributed by atoms with Crippen LogP contribution in [0.2, 0.25) is 0 Å². The van der Waals surface area contributed by atoms with Crippen molar-refractivity contribution in [3.05, 3.63) is 164 Å². The predicted octanol–water partition coefficient (Wildman–Crippen LogP) is 7.32. The van der Waals surface area contributed by atoms with Gasteiger partial charge in [-0.3, -0.25) is 0 Å². The van der Waals surface area contributed by atoms with Crippen LogP contribution in [0, 0.1) is 11.8 Å². The number of allylic oxidation sites excluding steroid dienone is 4. The highest BCUT2D eigenvalue weighted by Crippen LogP contribution is 2.52. The van der Waals surface area contributed by atoms with Crippen LogP contribution in [0.1, 0.15) is 6.42 Å². The number of hydrogen-bond donors (Lipinski definition) is 0. The fraction of sp³-hybridized carbons (Fsp3) is 0.0526. The normalized spacial score (nSPS) is 16.5. The van der Waals surface area contributed by atoms with Gasteiger partial charge in [-0.25, -0.2) is 0 Å². The molecular formula is C38H30O3P2. The van der Waals surface area contributed by atoms with Gasteiger partial charge in [0.15, 0.2) is 14.3 Å². The Balaban J connectivity index is 1.53. The van der Waals surface area contributed by atoms with Gasteiger partial charge < -0.3 is 13.9 Å². The molecule has 1 aliphatic rings.